The lowest BCUT2D eigenvalue weighted by Crippen LogP contribution is -2.14. The summed E-state index contributed by atoms with van der Waals surface area (Å²) >= 11 is 11.8. The maximum Gasteiger partial charge on any atom is 0.230 e. The van der Waals surface area contributed by atoms with Gasteiger partial charge < -0.3 is 5.32 Å². The first-order valence-electron chi connectivity index (χ1n) is 4.89. The van der Waals surface area contributed by atoms with Gasteiger partial charge in [0.25, 0.3) is 0 Å². The molecule has 0 aliphatic heterocycles. The second-order valence-electron chi connectivity index (χ2n) is 3.41. The third kappa shape index (κ3) is 2.99. The monoisotopic (exact) mass is 269 g/mol. The minimum absolute atomic E-state index is 0.182. The van der Waals surface area contributed by atoms with Gasteiger partial charge in [-0.15, -0.1) is 0 Å². The van der Waals surface area contributed by atoms with Crippen molar-refractivity contribution in [1.29, 1.82) is 0 Å². The molecule has 0 aliphatic carbocycles. The zero-order chi connectivity index (χ0) is 12.3. The average Bonchev–Trinajstić information content (AvgIpc) is 2.77. The minimum atomic E-state index is -0.182. The zero-order valence-electron chi connectivity index (χ0n) is 8.71. The molecule has 0 spiro atoms. The molecule has 0 radical (unpaired) electrons. The molecule has 1 aromatic carbocycles. The number of carbonyl (C=O) groups is 1. The van der Waals surface area contributed by atoms with Gasteiger partial charge in [-0.25, -0.2) is 0 Å². The summed E-state index contributed by atoms with van der Waals surface area (Å²) in [6.45, 7) is 0. The van der Waals surface area contributed by atoms with Crippen molar-refractivity contribution in [2.24, 2.45) is 0 Å². The highest BCUT2D eigenvalue weighted by Crippen LogP contribution is 2.29. The summed E-state index contributed by atoms with van der Waals surface area (Å²) in [5.41, 5.74) is 1.24. The van der Waals surface area contributed by atoms with Gasteiger partial charge >= 0.3 is 0 Å². The lowest BCUT2D eigenvalue weighted by atomic mass is 10.2. The molecule has 4 nitrogen and oxygen atoms in total. The van der Waals surface area contributed by atoms with Gasteiger partial charge in [0, 0.05) is 11.9 Å². The fourth-order valence-electron chi connectivity index (χ4n) is 1.35. The van der Waals surface area contributed by atoms with Crippen molar-refractivity contribution in [2.45, 2.75) is 6.42 Å². The van der Waals surface area contributed by atoms with E-state index in [1.807, 2.05) is 0 Å². The Morgan fingerprint density at radius 3 is 2.88 bits per heavy atom. The van der Waals surface area contributed by atoms with E-state index in [0.717, 1.165) is 5.69 Å². The van der Waals surface area contributed by atoms with Gasteiger partial charge in [-0.3, -0.25) is 9.89 Å². The molecular weight excluding hydrogens is 261 g/mol. The Kier molecular flexibility index (Phi) is 3.66. The normalized spacial score (nSPS) is 10.2. The van der Waals surface area contributed by atoms with E-state index in [4.69, 9.17) is 23.2 Å². The fraction of sp³-hybridized carbons (Fsp3) is 0.0909. The summed E-state index contributed by atoms with van der Waals surface area (Å²) in [5, 5.41) is 9.91. The van der Waals surface area contributed by atoms with Crippen LogP contribution in [0.5, 0.6) is 0 Å². The Morgan fingerprint density at radius 1 is 1.35 bits per heavy atom. The van der Waals surface area contributed by atoms with E-state index in [9.17, 15) is 4.79 Å². The van der Waals surface area contributed by atoms with Crippen molar-refractivity contribution >= 4 is 34.8 Å². The van der Waals surface area contributed by atoms with Gasteiger partial charge in [0.1, 0.15) is 0 Å². The second kappa shape index (κ2) is 5.21. The Hall–Kier alpha value is -1.52. The highest BCUT2D eigenvalue weighted by atomic mass is 35.5. The van der Waals surface area contributed by atoms with Crippen LogP contribution < -0.4 is 5.32 Å². The van der Waals surface area contributed by atoms with Crippen LogP contribution in [0.3, 0.4) is 0 Å². The first kappa shape index (κ1) is 12.0. The number of nitrogens with one attached hydrogen (secondary N) is 2. The molecule has 0 bridgehead atoms. The van der Waals surface area contributed by atoms with Gasteiger partial charge in [0.2, 0.25) is 5.91 Å². The number of anilines is 1. The van der Waals surface area contributed by atoms with Crippen LogP contribution in [0.4, 0.5) is 5.69 Å². The molecule has 0 saturated carbocycles. The van der Waals surface area contributed by atoms with E-state index in [0.29, 0.717) is 15.7 Å². The molecule has 88 valence electrons. The lowest BCUT2D eigenvalue weighted by Gasteiger charge is -2.07. The number of hydrogen-bond donors (Lipinski definition) is 2. The fourth-order valence-corrected chi connectivity index (χ4v) is 1.70. The predicted octanol–water partition coefficient (Wildman–Crippen LogP) is 2.90. The highest BCUT2D eigenvalue weighted by Gasteiger charge is 2.09. The Morgan fingerprint density at radius 2 is 2.18 bits per heavy atom. The van der Waals surface area contributed by atoms with Crippen LogP contribution >= 0.6 is 23.2 Å². The van der Waals surface area contributed by atoms with Gasteiger partial charge in [-0.05, 0) is 18.2 Å². The van der Waals surface area contributed by atoms with E-state index in [-0.39, 0.29) is 12.3 Å². The summed E-state index contributed by atoms with van der Waals surface area (Å²) in [5.74, 6) is -0.182. The van der Waals surface area contributed by atoms with Crippen molar-refractivity contribution in [3.8, 4) is 0 Å². The molecule has 1 aromatic heterocycles. The van der Waals surface area contributed by atoms with E-state index in [1.54, 1.807) is 30.5 Å². The number of nitrogens with zero attached hydrogens (tertiary/aromatic N) is 1. The number of hydrogen-bond acceptors (Lipinski definition) is 2. The average molecular weight is 270 g/mol. The van der Waals surface area contributed by atoms with Crippen molar-refractivity contribution in [2.75, 3.05) is 5.32 Å². The lowest BCUT2D eigenvalue weighted by molar-refractivity contribution is -0.115. The largest absolute Gasteiger partial charge is 0.324 e. The number of aromatic nitrogens is 2. The van der Waals surface area contributed by atoms with Crippen LogP contribution in [-0.4, -0.2) is 16.1 Å². The van der Waals surface area contributed by atoms with Crippen LogP contribution in [0, 0.1) is 0 Å². The molecule has 1 amide bonds. The van der Waals surface area contributed by atoms with E-state index in [2.05, 4.69) is 15.5 Å². The maximum atomic E-state index is 11.7. The summed E-state index contributed by atoms with van der Waals surface area (Å²) in [4.78, 5) is 11.7. The number of rotatable bonds is 3. The molecule has 6 heteroatoms. The number of benzene rings is 1. The molecule has 0 atom stereocenters. The molecule has 2 aromatic rings. The number of carbonyl (C=O) groups excluding carboxylic acids is 1. The topological polar surface area (TPSA) is 57.8 Å². The molecule has 2 N–H and O–H groups in total. The third-order valence-electron chi connectivity index (χ3n) is 2.14. The van der Waals surface area contributed by atoms with Crippen LogP contribution in [-0.2, 0) is 11.2 Å². The van der Waals surface area contributed by atoms with Gasteiger partial charge in [-0.2, -0.15) is 5.10 Å². The van der Waals surface area contributed by atoms with Crippen molar-refractivity contribution in [1.82, 2.24) is 10.2 Å². The highest BCUT2D eigenvalue weighted by molar-refractivity contribution is 6.43. The van der Waals surface area contributed by atoms with Crippen LogP contribution in [0.2, 0.25) is 10.0 Å². The number of halogens is 2. The predicted molar refractivity (Wildman–Crippen MR) is 67.4 cm³/mol. The Bertz CT molecular complexity index is 526. The van der Waals surface area contributed by atoms with E-state index < -0.39 is 0 Å². The summed E-state index contributed by atoms with van der Waals surface area (Å²) in [6, 6.07) is 6.81. The quantitative estimate of drug-likeness (QED) is 0.900. The zero-order valence-corrected chi connectivity index (χ0v) is 10.2. The number of aromatic amines is 1. The maximum absolute atomic E-state index is 11.7. The van der Waals surface area contributed by atoms with Crippen LogP contribution in [0.1, 0.15) is 5.69 Å². The SMILES string of the molecule is O=C(Cc1ccn[nH]1)Nc1cccc(Cl)c1Cl. The Labute approximate surface area is 108 Å². The third-order valence-corrected chi connectivity index (χ3v) is 2.95. The number of H-pyrrole nitrogens is 1. The van der Waals surface area contributed by atoms with Crippen molar-refractivity contribution in [3.63, 3.8) is 0 Å². The smallest absolute Gasteiger partial charge is 0.230 e. The summed E-state index contributed by atoms with van der Waals surface area (Å²) < 4.78 is 0. The van der Waals surface area contributed by atoms with Gasteiger partial charge in [0.05, 0.1) is 22.2 Å². The van der Waals surface area contributed by atoms with E-state index >= 15 is 0 Å². The second-order valence-corrected chi connectivity index (χ2v) is 4.19. The Balaban J connectivity index is 2.06. The molecule has 0 aliphatic rings. The minimum Gasteiger partial charge on any atom is -0.324 e. The molecule has 2 rings (SSSR count). The standard InChI is InChI=1S/C11H9Cl2N3O/c12-8-2-1-3-9(11(8)13)15-10(17)6-7-4-5-14-16-7/h1-5H,6H2,(H,14,16)(H,15,17). The summed E-state index contributed by atoms with van der Waals surface area (Å²) in [6.07, 6.45) is 1.80. The van der Waals surface area contributed by atoms with Crippen molar-refractivity contribution < 1.29 is 4.79 Å². The first-order valence-corrected chi connectivity index (χ1v) is 5.64. The summed E-state index contributed by atoms with van der Waals surface area (Å²) in [7, 11) is 0. The molecule has 1 heterocycles. The molecular formula is C11H9Cl2N3O. The van der Waals surface area contributed by atoms with E-state index in [1.165, 1.54) is 0 Å². The molecule has 17 heavy (non-hydrogen) atoms. The molecule has 0 unspecified atom stereocenters. The van der Waals surface area contributed by atoms with Crippen LogP contribution in [0.15, 0.2) is 30.5 Å². The van der Waals surface area contributed by atoms with Gasteiger partial charge in [-0.1, -0.05) is 29.3 Å². The molecule has 0 fully saturated rings. The van der Waals surface area contributed by atoms with Crippen LogP contribution in [0.25, 0.3) is 0 Å². The van der Waals surface area contributed by atoms with Gasteiger partial charge in [0.15, 0.2) is 0 Å². The van der Waals surface area contributed by atoms with Crippen molar-refractivity contribution in [3.05, 3.63) is 46.2 Å². The number of amides is 1. The first-order chi connectivity index (χ1) is 8.16. The molecule has 0 saturated heterocycles.